The third-order valence-electron chi connectivity index (χ3n) is 1.86. The van der Waals surface area contributed by atoms with Crippen LogP contribution in [0, 0.1) is 11.8 Å². The maximum Gasteiger partial charge on any atom is 0.471 e. The molecule has 0 aliphatic rings. The molecule has 0 saturated heterocycles. The molecular formula is C8H12F3NO3. The maximum absolute atomic E-state index is 11.7. The topological polar surface area (TPSA) is 66.4 Å². The van der Waals surface area contributed by atoms with Crippen LogP contribution in [0.4, 0.5) is 13.2 Å². The molecule has 0 spiro atoms. The fourth-order valence-corrected chi connectivity index (χ4v) is 0.911. The van der Waals surface area contributed by atoms with E-state index >= 15 is 0 Å². The summed E-state index contributed by atoms with van der Waals surface area (Å²) >= 11 is 0. The second kappa shape index (κ2) is 4.99. The van der Waals surface area contributed by atoms with Gasteiger partial charge in [-0.3, -0.25) is 9.59 Å². The molecule has 0 saturated carbocycles. The molecular weight excluding hydrogens is 215 g/mol. The van der Waals surface area contributed by atoms with Gasteiger partial charge in [0.05, 0.1) is 5.92 Å². The van der Waals surface area contributed by atoms with Gasteiger partial charge in [0.15, 0.2) is 0 Å². The second-order valence-electron chi connectivity index (χ2n) is 3.40. The molecule has 15 heavy (non-hydrogen) atoms. The number of amides is 1. The standard InChI is InChI=1S/C8H12F3NO3/c1-4(2)5(6(13)14)3-12-7(15)8(9,10)11/h4-5H,3H2,1-2H3,(H,12,15)(H,13,14). The van der Waals surface area contributed by atoms with E-state index in [0.717, 1.165) is 0 Å². The Kier molecular flexibility index (Phi) is 4.57. The van der Waals surface area contributed by atoms with Crippen LogP contribution in [0.2, 0.25) is 0 Å². The summed E-state index contributed by atoms with van der Waals surface area (Å²) in [5.74, 6) is -4.71. The summed E-state index contributed by atoms with van der Waals surface area (Å²) in [5, 5.41) is 10.2. The van der Waals surface area contributed by atoms with Gasteiger partial charge in [-0.25, -0.2) is 0 Å². The number of carbonyl (C=O) groups excluding carboxylic acids is 1. The number of carboxylic acid groups (broad SMARTS) is 1. The number of nitrogens with one attached hydrogen (secondary N) is 1. The molecule has 0 fully saturated rings. The zero-order valence-electron chi connectivity index (χ0n) is 8.26. The van der Waals surface area contributed by atoms with Gasteiger partial charge in [0, 0.05) is 6.54 Å². The first-order valence-electron chi connectivity index (χ1n) is 4.24. The first kappa shape index (κ1) is 13.7. The Bertz CT molecular complexity index is 250. The van der Waals surface area contributed by atoms with Crippen LogP contribution in [-0.2, 0) is 9.59 Å². The number of aliphatic carboxylic acids is 1. The quantitative estimate of drug-likeness (QED) is 0.753. The Morgan fingerprint density at radius 1 is 1.33 bits per heavy atom. The molecule has 0 aliphatic carbocycles. The van der Waals surface area contributed by atoms with Crippen molar-refractivity contribution in [3.8, 4) is 0 Å². The zero-order chi connectivity index (χ0) is 12.2. The Morgan fingerprint density at radius 2 is 1.80 bits per heavy atom. The highest BCUT2D eigenvalue weighted by atomic mass is 19.4. The summed E-state index contributed by atoms with van der Waals surface area (Å²) in [6.07, 6.45) is -4.97. The van der Waals surface area contributed by atoms with Crippen molar-refractivity contribution in [3.63, 3.8) is 0 Å². The van der Waals surface area contributed by atoms with Crippen LogP contribution in [0.15, 0.2) is 0 Å². The molecule has 0 aromatic carbocycles. The van der Waals surface area contributed by atoms with Crippen molar-refractivity contribution in [2.24, 2.45) is 11.8 Å². The number of alkyl halides is 3. The number of carboxylic acids is 1. The summed E-state index contributed by atoms with van der Waals surface area (Å²) in [7, 11) is 0. The van der Waals surface area contributed by atoms with Crippen LogP contribution in [0.1, 0.15) is 13.8 Å². The highest BCUT2D eigenvalue weighted by Crippen LogP contribution is 2.15. The minimum absolute atomic E-state index is 0.351. The molecule has 1 amide bonds. The molecule has 0 aliphatic heterocycles. The predicted molar refractivity (Wildman–Crippen MR) is 45.0 cm³/mol. The van der Waals surface area contributed by atoms with Gasteiger partial charge in [-0.1, -0.05) is 13.8 Å². The fraction of sp³-hybridized carbons (Fsp3) is 0.750. The second-order valence-corrected chi connectivity index (χ2v) is 3.40. The molecule has 0 radical (unpaired) electrons. The summed E-state index contributed by atoms with van der Waals surface area (Å²) in [5.41, 5.74) is 0. The van der Waals surface area contributed by atoms with E-state index in [1.54, 1.807) is 19.2 Å². The molecule has 88 valence electrons. The molecule has 0 heterocycles. The normalized spacial score (nSPS) is 13.7. The zero-order valence-corrected chi connectivity index (χ0v) is 8.26. The van der Waals surface area contributed by atoms with Gasteiger partial charge in [-0.2, -0.15) is 13.2 Å². The van der Waals surface area contributed by atoms with E-state index in [9.17, 15) is 22.8 Å². The van der Waals surface area contributed by atoms with Gasteiger partial charge >= 0.3 is 18.1 Å². The van der Waals surface area contributed by atoms with Crippen LogP contribution in [0.5, 0.6) is 0 Å². The van der Waals surface area contributed by atoms with Crippen molar-refractivity contribution in [1.29, 1.82) is 0 Å². The van der Waals surface area contributed by atoms with E-state index in [2.05, 4.69) is 0 Å². The smallest absolute Gasteiger partial charge is 0.471 e. The number of halogens is 3. The van der Waals surface area contributed by atoms with Crippen LogP contribution < -0.4 is 5.32 Å². The molecule has 0 rings (SSSR count). The summed E-state index contributed by atoms with van der Waals surface area (Å²) in [6, 6.07) is 0. The summed E-state index contributed by atoms with van der Waals surface area (Å²) in [6.45, 7) is 2.59. The Morgan fingerprint density at radius 3 is 2.07 bits per heavy atom. The molecule has 1 atom stereocenters. The Hall–Kier alpha value is -1.27. The van der Waals surface area contributed by atoms with Gasteiger partial charge in [0.2, 0.25) is 0 Å². The SMILES string of the molecule is CC(C)C(CNC(=O)C(F)(F)F)C(=O)O. The average Bonchev–Trinajstić information content (AvgIpc) is 2.00. The third kappa shape index (κ3) is 4.66. The molecule has 0 bridgehead atoms. The third-order valence-corrected chi connectivity index (χ3v) is 1.86. The van der Waals surface area contributed by atoms with Gasteiger partial charge in [0.1, 0.15) is 0 Å². The first-order valence-corrected chi connectivity index (χ1v) is 4.24. The first-order chi connectivity index (χ1) is 6.66. The van der Waals surface area contributed by atoms with Crippen LogP contribution in [0.3, 0.4) is 0 Å². The molecule has 1 unspecified atom stereocenters. The number of rotatable bonds is 4. The lowest BCUT2D eigenvalue weighted by Gasteiger charge is -2.17. The lowest BCUT2D eigenvalue weighted by molar-refractivity contribution is -0.174. The van der Waals surface area contributed by atoms with E-state index in [-0.39, 0.29) is 5.92 Å². The monoisotopic (exact) mass is 227 g/mol. The van der Waals surface area contributed by atoms with Crippen molar-refractivity contribution in [1.82, 2.24) is 5.32 Å². The van der Waals surface area contributed by atoms with Gasteiger partial charge in [-0.05, 0) is 5.92 Å². The molecule has 2 N–H and O–H groups in total. The minimum atomic E-state index is -4.97. The maximum atomic E-state index is 11.7. The van der Waals surface area contributed by atoms with E-state index in [0.29, 0.717) is 0 Å². The van der Waals surface area contributed by atoms with Crippen molar-refractivity contribution >= 4 is 11.9 Å². The lowest BCUT2D eigenvalue weighted by atomic mass is 9.96. The van der Waals surface area contributed by atoms with Gasteiger partial charge < -0.3 is 10.4 Å². The van der Waals surface area contributed by atoms with E-state index in [1.165, 1.54) is 0 Å². The highest BCUT2D eigenvalue weighted by molar-refractivity contribution is 5.82. The van der Waals surface area contributed by atoms with Crippen LogP contribution >= 0.6 is 0 Å². The largest absolute Gasteiger partial charge is 0.481 e. The number of hydrogen-bond acceptors (Lipinski definition) is 2. The lowest BCUT2D eigenvalue weighted by Crippen LogP contribution is -2.42. The summed E-state index contributed by atoms with van der Waals surface area (Å²) in [4.78, 5) is 21.0. The Balaban J connectivity index is 4.24. The van der Waals surface area contributed by atoms with Crippen molar-refractivity contribution in [3.05, 3.63) is 0 Å². The van der Waals surface area contributed by atoms with Crippen LogP contribution in [0.25, 0.3) is 0 Å². The van der Waals surface area contributed by atoms with Crippen molar-refractivity contribution in [2.75, 3.05) is 6.54 Å². The Labute approximate surface area is 84.5 Å². The molecule has 0 aromatic heterocycles. The average molecular weight is 227 g/mol. The minimum Gasteiger partial charge on any atom is -0.481 e. The van der Waals surface area contributed by atoms with E-state index in [4.69, 9.17) is 5.11 Å². The van der Waals surface area contributed by atoms with Crippen molar-refractivity contribution in [2.45, 2.75) is 20.0 Å². The molecule has 0 aromatic rings. The predicted octanol–water partition coefficient (Wildman–Crippen LogP) is 1.02. The molecule has 7 heteroatoms. The van der Waals surface area contributed by atoms with Gasteiger partial charge in [-0.15, -0.1) is 0 Å². The number of carbonyl (C=O) groups is 2. The van der Waals surface area contributed by atoms with Crippen LogP contribution in [-0.4, -0.2) is 29.7 Å². The summed E-state index contributed by atoms with van der Waals surface area (Å²) < 4.78 is 35.2. The van der Waals surface area contributed by atoms with Gasteiger partial charge in [0.25, 0.3) is 0 Å². The van der Waals surface area contributed by atoms with Crippen molar-refractivity contribution < 1.29 is 27.9 Å². The molecule has 4 nitrogen and oxygen atoms in total. The highest BCUT2D eigenvalue weighted by Gasteiger charge is 2.39. The number of hydrogen-bond donors (Lipinski definition) is 2. The van der Waals surface area contributed by atoms with E-state index < -0.39 is 30.5 Å². The van der Waals surface area contributed by atoms with E-state index in [1.807, 2.05) is 0 Å². The fourth-order valence-electron chi connectivity index (χ4n) is 0.911.